The van der Waals surface area contributed by atoms with Gasteiger partial charge in [0, 0.05) is 11.1 Å². The van der Waals surface area contributed by atoms with Crippen molar-refractivity contribution >= 4 is 29.3 Å². The van der Waals surface area contributed by atoms with Crippen molar-refractivity contribution in [2.75, 3.05) is 11.2 Å². The van der Waals surface area contributed by atoms with Gasteiger partial charge in [-0.3, -0.25) is 10.2 Å². The second kappa shape index (κ2) is 15.9. The van der Waals surface area contributed by atoms with Crippen LogP contribution in [0.15, 0.2) is 91.3 Å². The summed E-state index contributed by atoms with van der Waals surface area (Å²) in [4.78, 5) is 33.9. The molecule has 3 N–H and O–H groups in total. The molecule has 1 atom stereocenters. The lowest BCUT2D eigenvalue weighted by Crippen LogP contribution is -2.39. The van der Waals surface area contributed by atoms with Gasteiger partial charge in [0.05, 0.1) is 11.4 Å². The van der Waals surface area contributed by atoms with Gasteiger partial charge in [0.2, 0.25) is 5.60 Å². The number of hydrogen-bond donors (Lipinski definition) is 2. The SMILES string of the molecule is CC1(c2ccc(Oc3ccccc3)cc2)OC(=O)N(Nc2ccccc2)C1=O.CCCCCCCCc1c(CC)nc2ncnn2c1N. The number of aryl methyl sites for hydroxylation is 1. The van der Waals surface area contributed by atoms with Gasteiger partial charge in [-0.1, -0.05) is 94.5 Å². The molecule has 1 fully saturated rings. The van der Waals surface area contributed by atoms with E-state index in [-0.39, 0.29) is 0 Å². The van der Waals surface area contributed by atoms with E-state index in [1.807, 2.05) is 36.4 Å². The molecule has 1 saturated heterocycles. The second-order valence-corrected chi connectivity index (χ2v) is 11.7. The number of anilines is 2. The number of cyclic esters (lactones) is 1. The van der Waals surface area contributed by atoms with Gasteiger partial charge in [-0.25, -0.2) is 9.78 Å². The molecule has 250 valence electrons. The number of nitrogens with zero attached hydrogens (tertiary/aromatic N) is 5. The van der Waals surface area contributed by atoms with E-state index in [4.69, 9.17) is 15.2 Å². The van der Waals surface area contributed by atoms with Crippen molar-refractivity contribution in [3.8, 4) is 11.5 Å². The van der Waals surface area contributed by atoms with E-state index < -0.39 is 17.6 Å². The van der Waals surface area contributed by atoms with E-state index >= 15 is 0 Å². The third-order valence-electron chi connectivity index (χ3n) is 8.25. The molecule has 0 saturated carbocycles. The van der Waals surface area contributed by atoms with Crippen LogP contribution in [0.1, 0.15) is 76.1 Å². The number of amides is 2. The largest absolute Gasteiger partial charge is 0.457 e. The fourth-order valence-corrected chi connectivity index (χ4v) is 5.54. The normalized spacial score (nSPS) is 15.6. The molecule has 1 aliphatic rings. The predicted molar refractivity (Wildman–Crippen MR) is 185 cm³/mol. The highest BCUT2D eigenvalue weighted by atomic mass is 16.6. The maximum absolute atomic E-state index is 12.9. The maximum Gasteiger partial charge on any atom is 0.437 e. The molecule has 3 aromatic carbocycles. The van der Waals surface area contributed by atoms with Gasteiger partial charge in [0.15, 0.2) is 0 Å². The first-order valence-corrected chi connectivity index (χ1v) is 16.5. The van der Waals surface area contributed by atoms with Gasteiger partial charge in [-0.05, 0) is 62.6 Å². The topological polar surface area (TPSA) is 137 Å². The highest BCUT2D eigenvalue weighted by Gasteiger charge is 2.52. The fourth-order valence-electron chi connectivity index (χ4n) is 5.54. The molecular weight excluding hydrogens is 606 g/mol. The lowest BCUT2D eigenvalue weighted by Gasteiger charge is -2.21. The summed E-state index contributed by atoms with van der Waals surface area (Å²) in [6, 6.07) is 25.3. The Kier molecular flexibility index (Phi) is 11.2. The number of benzene rings is 3. The van der Waals surface area contributed by atoms with Crippen LogP contribution >= 0.6 is 0 Å². The number of nitrogens with one attached hydrogen (secondary N) is 1. The Morgan fingerprint density at radius 1 is 0.854 bits per heavy atom. The number of para-hydroxylation sites is 2. The number of hydrazine groups is 1. The van der Waals surface area contributed by atoms with Gasteiger partial charge >= 0.3 is 6.09 Å². The molecule has 1 unspecified atom stereocenters. The number of hydrogen-bond acceptors (Lipinski definition) is 9. The van der Waals surface area contributed by atoms with Crippen molar-refractivity contribution in [1.29, 1.82) is 0 Å². The van der Waals surface area contributed by atoms with Crippen molar-refractivity contribution < 1.29 is 19.1 Å². The summed E-state index contributed by atoms with van der Waals surface area (Å²) >= 11 is 0. The Morgan fingerprint density at radius 2 is 1.50 bits per heavy atom. The monoisotopic (exact) mass is 649 g/mol. The minimum Gasteiger partial charge on any atom is -0.457 e. The third kappa shape index (κ3) is 7.91. The first kappa shape index (κ1) is 33.9. The summed E-state index contributed by atoms with van der Waals surface area (Å²) in [6.45, 7) is 5.93. The van der Waals surface area contributed by atoms with Crippen molar-refractivity contribution in [3.63, 3.8) is 0 Å². The Bertz CT molecular complexity index is 1800. The Labute approximate surface area is 281 Å². The second-order valence-electron chi connectivity index (χ2n) is 11.7. The van der Waals surface area contributed by atoms with Crippen LogP contribution in [-0.2, 0) is 28.0 Å². The molecule has 0 radical (unpaired) electrons. The molecule has 0 aliphatic carbocycles. The van der Waals surface area contributed by atoms with Crippen LogP contribution in [0, 0.1) is 0 Å². The van der Waals surface area contributed by atoms with Crippen molar-refractivity contribution in [3.05, 3.63) is 108 Å². The number of nitrogen functional groups attached to an aromatic ring is 1. The molecule has 48 heavy (non-hydrogen) atoms. The van der Waals surface area contributed by atoms with Crippen molar-refractivity contribution in [1.82, 2.24) is 24.6 Å². The molecule has 6 rings (SSSR count). The minimum atomic E-state index is -1.41. The summed E-state index contributed by atoms with van der Waals surface area (Å²) in [5.41, 5.74) is 11.0. The Balaban J connectivity index is 0.000000199. The van der Waals surface area contributed by atoms with E-state index in [1.54, 1.807) is 60.0 Å². The standard InChI is InChI=1S/C22H18N2O4.C15H25N5/c1-22(16-12-14-19(15-13-16)27-18-10-6-3-7-11-18)20(25)24(21(26)28-22)23-17-8-4-2-5-9-17;1-3-5-6-7-8-9-10-12-13(4-2)19-15-17-11-18-20(15)14(12)16/h2-15,23H,1H3;11H,3-10,16H2,1-2H3. The van der Waals surface area contributed by atoms with Gasteiger partial charge in [-0.15, -0.1) is 5.01 Å². The average molecular weight is 650 g/mol. The van der Waals surface area contributed by atoms with Crippen LogP contribution in [0.4, 0.5) is 16.3 Å². The van der Waals surface area contributed by atoms with Crippen LogP contribution in [-0.4, -0.2) is 36.6 Å². The summed E-state index contributed by atoms with van der Waals surface area (Å²) in [5.74, 6) is 2.15. The molecule has 0 spiro atoms. The van der Waals surface area contributed by atoms with Crippen LogP contribution in [0.2, 0.25) is 0 Å². The molecule has 11 nitrogen and oxygen atoms in total. The number of unbranched alkanes of at least 4 members (excludes halogenated alkanes) is 5. The Hall–Kier alpha value is -5.45. The zero-order chi connectivity index (χ0) is 33.9. The van der Waals surface area contributed by atoms with Crippen LogP contribution in [0.3, 0.4) is 0 Å². The number of ether oxygens (including phenoxy) is 2. The molecule has 0 bridgehead atoms. The maximum atomic E-state index is 12.9. The van der Waals surface area contributed by atoms with E-state index in [0.717, 1.165) is 29.1 Å². The smallest absolute Gasteiger partial charge is 0.437 e. The van der Waals surface area contributed by atoms with Gasteiger partial charge in [0.1, 0.15) is 23.6 Å². The van der Waals surface area contributed by atoms with Gasteiger partial charge in [0.25, 0.3) is 11.7 Å². The van der Waals surface area contributed by atoms with Crippen LogP contribution < -0.4 is 15.9 Å². The molecule has 3 heterocycles. The van der Waals surface area contributed by atoms with E-state index in [1.165, 1.54) is 44.9 Å². The predicted octanol–water partition coefficient (Wildman–Crippen LogP) is 7.87. The number of nitrogens with two attached hydrogens (primary N) is 1. The fraction of sp³-hybridized carbons (Fsp3) is 0.324. The van der Waals surface area contributed by atoms with Gasteiger partial charge in [-0.2, -0.15) is 14.6 Å². The molecular formula is C37H43N7O4. The van der Waals surface area contributed by atoms with E-state index in [9.17, 15) is 9.59 Å². The highest BCUT2D eigenvalue weighted by Crippen LogP contribution is 2.35. The number of rotatable bonds is 13. The molecule has 2 amide bonds. The number of imide groups is 1. The number of fused-ring (bicyclic) bond motifs is 1. The minimum absolute atomic E-state index is 0.488. The van der Waals surface area contributed by atoms with Crippen LogP contribution in [0.25, 0.3) is 5.78 Å². The van der Waals surface area contributed by atoms with E-state index in [0.29, 0.717) is 34.3 Å². The summed E-state index contributed by atoms with van der Waals surface area (Å²) in [6.07, 6.45) is 10.4. The quantitative estimate of drug-likeness (QED) is 0.122. The van der Waals surface area contributed by atoms with Crippen molar-refractivity contribution in [2.45, 2.75) is 77.7 Å². The summed E-state index contributed by atoms with van der Waals surface area (Å²) < 4.78 is 12.8. The zero-order valence-electron chi connectivity index (χ0n) is 27.8. The van der Waals surface area contributed by atoms with Gasteiger partial charge < -0.3 is 15.2 Å². The summed E-state index contributed by atoms with van der Waals surface area (Å²) in [5, 5.41) is 5.03. The van der Waals surface area contributed by atoms with Crippen molar-refractivity contribution in [2.24, 2.45) is 0 Å². The van der Waals surface area contributed by atoms with E-state index in [2.05, 4.69) is 34.3 Å². The highest BCUT2D eigenvalue weighted by molar-refractivity contribution is 6.04. The molecule has 1 aliphatic heterocycles. The molecule has 11 heteroatoms. The first-order chi connectivity index (χ1) is 23.3. The Morgan fingerprint density at radius 3 is 2.19 bits per heavy atom. The van der Waals surface area contributed by atoms with Crippen LogP contribution in [0.5, 0.6) is 11.5 Å². The average Bonchev–Trinajstić information content (AvgIpc) is 3.67. The number of carbonyl (C=O) groups excluding carboxylic acids is 2. The lowest BCUT2D eigenvalue weighted by atomic mass is 9.95. The molecule has 2 aromatic heterocycles. The summed E-state index contributed by atoms with van der Waals surface area (Å²) in [7, 11) is 0. The number of carbonyl (C=O) groups is 2. The first-order valence-electron chi connectivity index (χ1n) is 16.5. The molecule has 5 aromatic rings. The third-order valence-corrected chi connectivity index (χ3v) is 8.25. The zero-order valence-corrected chi connectivity index (χ0v) is 27.8. The number of aromatic nitrogens is 4. The lowest BCUT2D eigenvalue weighted by molar-refractivity contribution is -0.135.